The lowest BCUT2D eigenvalue weighted by molar-refractivity contribution is -0.113. The largest absolute Gasteiger partial charge is 0.325 e. The van der Waals surface area contributed by atoms with Crippen molar-refractivity contribution in [2.45, 2.75) is 39.8 Å². The van der Waals surface area contributed by atoms with Crippen molar-refractivity contribution in [1.29, 1.82) is 0 Å². The van der Waals surface area contributed by atoms with Crippen LogP contribution in [0, 0.1) is 27.7 Å². The summed E-state index contributed by atoms with van der Waals surface area (Å²) in [4.78, 5) is 19.5. The van der Waals surface area contributed by atoms with Gasteiger partial charge in [-0.2, -0.15) is 0 Å². The van der Waals surface area contributed by atoms with Gasteiger partial charge in [0.25, 0.3) is 0 Å². The van der Waals surface area contributed by atoms with E-state index in [0.29, 0.717) is 0 Å². The van der Waals surface area contributed by atoms with Crippen molar-refractivity contribution in [2.75, 3.05) is 27.5 Å². The van der Waals surface area contributed by atoms with Gasteiger partial charge in [0.15, 0.2) is 15.0 Å². The van der Waals surface area contributed by atoms with Gasteiger partial charge in [-0.25, -0.2) is 8.42 Å². The summed E-state index contributed by atoms with van der Waals surface area (Å²) in [6.45, 7) is 7.98. The summed E-state index contributed by atoms with van der Waals surface area (Å²) in [5.74, 6) is 0.265. The quantitative estimate of drug-likeness (QED) is 0.758. The number of benzene rings is 2. The standard InChI is InChI=1S/C23H27N3O3S2/c1-14-8-9-15(2)19(10-14)26-20-13-31(28,29)12-18(20)24-23(26)30-11-21(27)25-22-16(3)6-5-7-17(22)4/h5-10,18,20H,11-13H2,1-4H3,(H,25,27)/t18-,20-/m1/s1. The second kappa shape index (κ2) is 8.31. The van der Waals surface area contributed by atoms with Crippen LogP contribution >= 0.6 is 11.8 Å². The molecule has 1 saturated heterocycles. The highest BCUT2D eigenvalue weighted by Crippen LogP contribution is 2.37. The van der Waals surface area contributed by atoms with Crippen LogP contribution in [0.25, 0.3) is 0 Å². The Hall–Kier alpha value is -2.32. The predicted molar refractivity (Wildman–Crippen MR) is 129 cm³/mol. The van der Waals surface area contributed by atoms with Crippen molar-refractivity contribution in [2.24, 2.45) is 4.99 Å². The fourth-order valence-corrected chi connectivity index (χ4v) is 6.97. The zero-order valence-electron chi connectivity index (χ0n) is 18.2. The van der Waals surface area contributed by atoms with Crippen molar-refractivity contribution >= 4 is 44.0 Å². The molecule has 1 N–H and O–H groups in total. The minimum absolute atomic E-state index is 0.0672. The Kier molecular flexibility index (Phi) is 5.87. The summed E-state index contributed by atoms with van der Waals surface area (Å²) >= 11 is 1.37. The number of nitrogens with one attached hydrogen (secondary N) is 1. The molecule has 4 rings (SSSR count). The second-order valence-electron chi connectivity index (χ2n) is 8.39. The van der Waals surface area contributed by atoms with Crippen LogP contribution in [0.3, 0.4) is 0 Å². The minimum atomic E-state index is -3.11. The van der Waals surface area contributed by atoms with Gasteiger partial charge in [0.05, 0.1) is 29.3 Å². The van der Waals surface area contributed by atoms with Gasteiger partial charge >= 0.3 is 0 Å². The van der Waals surface area contributed by atoms with Gasteiger partial charge in [-0.1, -0.05) is 42.1 Å². The lowest BCUT2D eigenvalue weighted by Gasteiger charge is -2.28. The number of anilines is 2. The number of fused-ring (bicyclic) bond motifs is 1. The molecule has 6 nitrogen and oxygen atoms in total. The molecule has 2 aliphatic rings. The molecule has 1 amide bonds. The van der Waals surface area contributed by atoms with Crippen LogP contribution in [0.15, 0.2) is 41.4 Å². The Morgan fingerprint density at radius 2 is 1.81 bits per heavy atom. The highest BCUT2D eigenvalue weighted by Gasteiger charge is 2.47. The molecule has 1 fully saturated rings. The molecule has 2 aromatic rings. The van der Waals surface area contributed by atoms with Gasteiger partial charge < -0.3 is 10.2 Å². The van der Waals surface area contributed by atoms with Gasteiger partial charge in [-0.3, -0.25) is 9.79 Å². The first-order valence-corrected chi connectivity index (χ1v) is 13.1. The number of carbonyl (C=O) groups is 1. The first kappa shape index (κ1) is 21.9. The van der Waals surface area contributed by atoms with Gasteiger partial charge in [-0.15, -0.1) is 0 Å². The molecule has 2 heterocycles. The van der Waals surface area contributed by atoms with Crippen molar-refractivity contribution in [1.82, 2.24) is 0 Å². The number of aliphatic imine (C=N–C) groups is 1. The van der Waals surface area contributed by atoms with E-state index in [1.165, 1.54) is 11.8 Å². The van der Waals surface area contributed by atoms with E-state index < -0.39 is 9.84 Å². The van der Waals surface area contributed by atoms with E-state index in [1.54, 1.807) is 0 Å². The average Bonchev–Trinajstić information content (AvgIpc) is 3.16. The summed E-state index contributed by atoms with van der Waals surface area (Å²) in [5, 5.41) is 3.73. The number of thioether (sulfide) groups is 1. The highest BCUT2D eigenvalue weighted by molar-refractivity contribution is 8.14. The molecule has 8 heteroatoms. The highest BCUT2D eigenvalue weighted by atomic mass is 32.2. The third kappa shape index (κ3) is 4.50. The number of carbonyl (C=O) groups excluding carboxylic acids is 1. The van der Waals surface area contributed by atoms with E-state index in [4.69, 9.17) is 4.99 Å². The number of hydrogen-bond donors (Lipinski definition) is 1. The van der Waals surface area contributed by atoms with Crippen molar-refractivity contribution < 1.29 is 13.2 Å². The summed E-state index contributed by atoms with van der Waals surface area (Å²) in [5.41, 5.74) is 6.01. The normalized spacial score (nSPS) is 21.7. The lowest BCUT2D eigenvalue weighted by atomic mass is 10.1. The third-order valence-corrected chi connectivity index (χ3v) is 8.48. The van der Waals surface area contributed by atoms with E-state index in [9.17, 15) is 13.2 Å². The van der Waals surface area contributed by atoms with Gasteiger partial charge in [0, 0.05) is 11.4 Å². The minimum Gasteiger partial charge on any atom is -0.325 e. The number of rotatable bonds is 4. The number of sulfone groups is 1. The topological polar surface area (TPSA) is 78.8 Å². The third-order valence-electron chi connectivity index (χ3n) is 5.81. The summed E-state index contributed by atoms with van der Waals surface area (Å²) < 4.78 is 24.5. The number of hydrogen-bond acceptors (Lipinski definition) is 6. The van der Waals surface area contributed by atoms with Crippen LogP contribution in [0.4, 0.5) is 11.4 Å². The number of aryl methyl sites for hydroxylation is 4. The first-order valence-electron chi connectivity index (χ1n) is 10.3. The Bertz CT molecular complexity index is 1150. The fraction of sp³-hybridized carbons (Fsp3) is 0.391. The number of nitrogens with zero attached hydrogens (tertiary/aromatic N) is 2. The molecular formula is C23H27N3O3S2. The number of amidine groups is 1. The summed E-state index contributed by atoms with van der Waals surface area (Å²) in [7, 11) is -3.11. The maximum Gasteiger partial charge on any atom is 0.234 e. The summed E-state index contributed by atoms with van der Waals surface area (Å²) in [6, 6.07) is 11.6. The van der Waals surface area contributed by atoms with Crippen LogP contribution in [-0.4, -0.2) is 48.8 Å². The van der Waals surface area contributed by atoms with E-state index >= 15 is 0 Å². The average molecular weight is 458 g/mol. The Morgan fingerprint density at radius 1 is 1.10 bits per heavy atom. The first-order chi connectivity index (χ1) is 14.6. The predicted octanol–water partition coefficient (Wildman–Crippen LogP) is 3.63. The van der Waals surface area contributed by atoms with Crippen molar-refractivity contribution in [3.8, 4) is 0 Å². The number of para-hydroxylation sites is 1. The number of amides is 1. The molecule has 2 aromatic carbocycles. The maximum atomic E-state index is 12.7. The van der Waals surface area contributed by atoms with Gasteiger partial charge in [0.2, 0.25) is 5.91 Å². The zero-order chi connectivity index (χ0) is 22.3. The van der Waals surface area contributed by atoms with Crippen LogP contribution < -0.4 is 10.2 Å². The Labute approximate surface area is 188 Å². The maximum absolute atomic E-state index is 12.7. The van der Waals surface area contributed by atoms with Crippen molar-refractivity contribution in [3.63, 3.8) is 0 Å². The monoisotopic (exact) mass is 457 g/mol. The molecule has 0 saturated carbocycles. The van der Waals surface area contributed by atoms with E-state index in [0.717, 1.165) is 38.8 Å². The molecule has 0 aromatic heterocycles. The summed E-state index contributed by atoms with van der Waals surface area (Å²) in [6.07, 6.45) is 0. The smallest absolute Gasteiger partial charge is 0.234 e. The second-order valence-corrected chi connectivity index (χ2v) is 11.5. The fourth-order valence-electron chi connectivity index (χ4n) is 4.21. The molecule has 0 unspecified atom stereocenters. The molecule has 164 valence electrons. The van der Waals surface area contributed by atoms with E-state index in [1.807, 2.05) is 62.9 Å². The molecule has 0 bridgehead atoms. The molecule has 2 aliphatic heterocycles. The zero-order valence-corrected chi connectivity index (χ0v) is 19.8. The van der Waals surface area contributed by atoms with Gasteiger partial charge in [-0.05, 0) is 56.0 Å². The molecule has 0 radical (unpaired) electrons. The van der Waals surface area contributed by atoms with Crippen LogP contribution in [0.2, 0.25) is 0 Å². The van der Waals surface area contributed by atoms with Crippen molar-refractivity contribution in [3.05, 3.63) is 58.7 Å². The van der Waals surface area contributed by atoms with E-state index in [2.05, 4.69) is 11.4 Å². The van der Waals surface area contributed by atoms with E-state index in [-0.39, 0.29) is 35.2 Å². The molecule has 2 atom stereocenters. The van der Waals surface area contributed by atoms with Gasteiger partial charge in [0.1, 0.15) is 0 Å². The van der Waals surface area contributed by atoms with Crippen LogP contribution in [0.5, 0.6) is 0 Å². The lowest BCUT2D eigenvalue weighted by Crippen LogP contribution is -2.40. The SMILES string of the molecule is Cc1ccc(C)c(N2C(SCC(=O)Nc3c(C)cccc3C)=N[C@@H]3CS(=O)(=O)C[C@H]32)c1. The Balaban J connectivity index is 1.56. The molecule has 0 spiro atoms. The molecule has 0 aliphatic carbocycles. The molecule has 31 heavy (non-hydrogen) atoms. The Morgan fingerprint density at radius 3 is 2.52 bits per heavy atom. The van der Waals surface area contributed by atoms with Crippen LogP contribution in [-0.2, 0) is 14.6 Å². The molecular weight excluding hydrogens is 430 g/mol. The van der Waals surface area contributed by atoms with Crippen LogP contribution in [0.1, 0.15) is 22.3 Å².